The molecule has 0 radical (unpaired) electrons. The van der Waals surface area contributed by atoms with Crippen LogP contribution in [-0.2, 0) is 11.2 Å². The van der Waals surface area contributed by atoms with Crippen LogP contribution in [0.15, 0.2) is 34.6 Å². The van der Waals surface area contributed by atoms with Crippen molar-refractivity contribution >= 4 is 0 Å². The zero-order valence-corrected chi connectivity index (χ0v) is 16.3. The predicted molar refractivity (Wildman–Crippen MR) is 101 cm³/mol. The van der Waals surface area contributed by atoms with Gasteiger partial charge in [-0.25, -0.2) is 0 Å². The van der Waals surface area contributed by atoms with E-state index in [1.165, 1.54) is 16.7 Å². The molecule has 2 heterocycles. The summed E-state index contributed by atoms with van der Waals surface area (Å²) in [5.74, 6) is 1.47. The fourth-order valence-electron chi connectivity index (χ4n) is 4.35. The van der Waals surface area contributed by atoms with Gasteiger partial charge in [0.1, 0.15) is 0 Å². The summed E-state index contributed by atoms with van der Waals surface area (Å²) >= 11 is 0. The third-order valence-electron chi connectivity index (χ3n) is 5.87. The van der Waals surface area contributed by atoms with Crippen LogP contribution < -0.4 is 4.74 Å². The number of aromatic hydroxyl groups is 1. The van der Waals surface area contributed by atoms with Crippen LogP contribution in [-0.4, -0.2) is 48.5 Å². The minimum atomic E-state index is -0.0324. The fourth-order valence-corrected chi connectivity index (χ4v) is 4.35. The van der Waals surface area contributed by atoms with Crippen LogP contribution in [0.1, 0.15) is 44.4 Å². The number of aliphatic hydroxyl groups is 1. The standard InChI is InChI=1S/C21H29NO4/c1-12-10-22-13(2)6-15-7-21(26-5)20(24)9-17(15)19(22)8-16(12)18(11-23)14(3)25-4/h7,9,13,19,23-24H,6,8,10-11H2,1-5H3. The van der Waals surface area contributed by atoms with Crippen molar-refractivity contribution in [1.82, 2.24) is 4.90 Å². The Labute approximate surface area is 155 Å². The number of aliphatic hydroxyl groups excluding tert-OH is 1. The summed E-state index contributed by atoms with van der Waals surface area (Å²) in [6, 6.07) is 4.40. The van der Waals surface area contributed by atoms with Gasteiger partial charge < -0.3 is 19.7 Å². The quantitative estimate of drug-likeness (QED) is 0.808. The number of phenols is 1. The highest BCUT2D eigenvalue weighted by Crippen LogP contribution is 2.45. The first-order valence-electron chi connectivity index (χ1n) is 9.10. The molecule has 0 amide bonds. The fraction of sp³-hybridized carbons (Fsp3) is 0.524. The molecule has 142 valence electrons. The highest BCUT2D eigenvalue weighted by molar-refractivity contribution is 5.51. The summed E-state index contributed by atoms with van der Waals surface area (Å²) in [5.41, 5.74) is 5.70. The highest BCUT2D eigenvalue weighted by atomic mass is 16.5. The molecule has 0 spiro atoms. The first kappa shape index (κ1) is 18.8. The van der Waals surface area contributed by atoms with Crippen molar-refractivity contribution in [2.45, 2.75) is 45.7 Å². The summed E-state index contributed by atoms with van der Waals surface area (Å²) in [5, 5.41) is 20.2. The van der Waals surface area contributed by atoms with Crippen molar-refractivity contribution in [2.24, 2.45) is 0 Å². The van der Waals surface area contributed by atoms with Gasteiger partial charge in [0.15, 0.2) is 11.5 Å². The molecular formula is C21H29NO4. The normalized spacial score (nSPS) is 23.9. The van der Waals surface area contributed by atoms with Crippen molar-refractivity contribution in [3.8, 4) is 11.5 Å². The Kier molecular flexibility index (Phi) is 5.30. The second kappa shape index (κ2) is 7.33. The van der Waals surface area contributed by atoms with Gasteiger partial charge in [0.2, 0.25) is 0 Å². The number of methoxy groups -OCH3 is 2. The summed E-state index contributed by atoms with van der Waals surface area (Å²) < 4.78 is 10.7. The van der Waals surface area contributed by atoms with Crippen LogP contribution >= 0.6 is 0 Å². The largest absolute Gasteiger partial charge is 0.504 e. The number of benzene rings is 1. The topological polar surface area (TPSA) is 62.2 Å². The van der Waals surface area contributed by atoms with Gasteiger partial charge in [0.05, 0.1) is 26.6 Å². The number of hydrogen-bond acceptors (Lipinski definition) is 5. The molecule has 5 nitrogen and oxygen atoms in total. The summed E-state index contributed by atoms with van der Waals surface area (Å²) in [6.45, 7) is 7.10. The predicted octanol–water partition coefficient (Wildman–Crippen LogP) is 3.32. The van der Waals surface area contributed by atoms with E-state index in [1.54, 1.807) is 14.2 Å². The molecule has 26 heavy (non-hydrogen) atoms. The molecule has 0 saturated carbocycles. The van der Waals surface area contributed by atoms with Gasteiger partial charge in [0.25, 0.3) is 0 Å². The number of ether oxygens (including phenoxy) is 2. The zero-order chi connectivity index (χ0) is 19.0. The second-order valence-corrected chi connectivity index (χ2v) is 7.32. The van der Waals surface area contributed by atoms with Crippen molar-refractivity contribution in [1.29, 1.82) is 0 Å². The Morgan fingerprint density at radius 2 is 2.00 bits per heavy atom. The van der Waals surface area contributed by atoms with E-state index in [1.807, 2.05) is 19.1 Å². The van der Waals surface area contributed by atoms with Crippen LogP contribution in [0.2, 0.25) is 0 Å². The van der Waals surface area contributed by atoms with Crippen molar-refractivity contribution < 1.29 is 19.7 Å². The molecule has 0 bridgehead atoms. The molecule has 1 aromatic carbocycles. The van der Waals surface area contributed by atoms with Gasteiger partial charge in [-0.2, -0.15) is 0 Å². The van der Waals surface area contributed by atoms with E-state index in [0.29, 0.717) is 11.8 Å². The average molecular weight is 359 g/mol. The highest BCUT2D eigenvalue weighted by Gasteiger charge is 2.37. The number of rotatable bonds is 4. The van der Waals surface area contributed by atoms with E-state index in [9.17, 15) is 10.2 Å². The molecule has 0 fully saturated rings. The van der Waals surface area contributed by atoms with Crippen LogP contribution in [0.4, 0.5) is 0 Å². The molecule has 2 unspecified atom stereocenters. The lowest BCUT2D eigenvalue weighted by Gasteiger charge is -2.46. The third-order valence-corrected chi connectivity index (χ3v) is 5.87. The molecular weight excluding hydrogens is 330 g/mol. The first-order chi connectivity index (χ1) is 12.4. The molecule has 2 aliphatic heterocycles. The lowest BCUT2D eigenvalue weighted by Crippen LogP contribution is -2.45. The Bertz CT molecular complexity index is 766. The number of hydrogen-bond donors (Lipinski definition) is 2. The molecule has 3 rings (SSSR count). The summed E-state index contributed by atoms with van der Waals surface area (Å²) in [7, 11) is 3.22. The summed E-state index contributed by atoms with van der Waals surface area (Å²) in [4.78, 5) is 2.49. The van der Waals surface area contributed by atoms with Gasteiger partial charge >= 0.3 is 0 Å². The van der Waals surface area contributed by atoms with Gasteiger partial charge in [-0.05, 0) is 62.4 Å². The Balaban J connectivity index is 2.07. The molecule has 0 aromatic heterocycles. The molecule has 1 aromatic rings. The molecule has 2 aliphatic rings. The Morgan fingerprint density at radius 1 is 1.27 bits per heavy atom. The molecule has 0 aliphatic carbocycles. The van der Waals surface area contributed by atoms with Crippen LogP contribution in [0.25, 0.3) is 0 Å². The van der Waals surface area contributed by atoms with E-state index in [0.717, 1.165) is 36.3 Å². The van der Waals surface area contributed by atoms with Gasteiger partial charge in [-0.15, -0.1) is 0 Å². The maximum Gasteiger partial charge on any atom is 0.160 e. The number of phenolic OH excluding ortho intramolecular Hbond substituents is 1. The third kappa shape index (κ3) is 3.10. The van der Waals surface area contributed by atoms with E-state index in [-0.39, 0.29) is 18.4 Å². The van der Waals surface area contributed by atoms with Crippen LogP contribution in [0.5, 0.6) is 11.5 Å². The number of fused-ring (bicyclic) bond motifs is 3. The van der Waals surface area contributed by atoms with Crippen molar-refractivity contribution in [3.05, 3.63) is 45.7 Å². The van der Waals surface area contributed by atoms with E-state index >= 15 is 0 Å². The zero-order valence-electron chi connectivity index (χ0n) is 16.3. The monoisotopic (exact) mass is 359 g/mol. The molecule has 5 heteroatoms. The van der Waals surface area contributed by atoms with E-state index in [4.69, 9.17) is 9.47 Å². The number of allylic oxidation sites excluding steroid dienone is 1. The smallest absolute Gasteiger partial charge is 0.160 e. The number of nitrogens with zero attached hydrogens (tertiary/aromatic N) is 1. The minimum Gasteiger partial charge on any atom is -0.504 e. The summed E-state index contributed by atoms with van der Waals surface area (Å²) in [6.07, 6.45) is 1.73. The lowest BCUT2D eigenvalue weighted by atomic mass is 9.79. The Morgan fingerprint density at radius 3 is 2.62 bits per heavy atom. The molecule has 2 atom stereocenters. The molecule has 2 N–H and O–H groups in total. The van der Waals surface area contributed by atoms with E-state index < -0.39 is 0 Å². The van der Waals surface area contributed by atoms with Crippen LogP contribution in [0, 0.1) is 0 Å². The minimum absolute atomic E-state index is 0.0324. The Hall–Kier alpha value is -1.98. The maximum atomic E-state index is 10.3. The molecule has 0 saturated heterocycles. The van der Waals surface area contributed by atoms with Gasteiger partial charge in [0, 0.05) is 24.2 Å². The maximum absolute atomic E-state index is 10.3. The van der Waals surface area contributed by atoms with E-state index in [2.05, 4.69) is 18.7 Å². The lowest BCUT2D eigenvalue weighted by molar-refractivity contribution is 0.128. The van der Waals surface area contributed by atoms with Crippen molar-refractivity contribution in [3.63, 3.8) is 0 Å². The van der Waals surface area contributed by atoms with Gasteiger partial charge in [-0.1, -0.05) is 5.57 Å². The SMILES string of the molecule is COC(C)=C(CO)C1=C(C)CN2C(C)Cc3cc(OC)c(O)cc3C2C1. The van der Waals surface area contributed by atoms with Crippen LogP contribution in [0.3, 0.4) is 0 Å². The average Bonchev–Trinajstić information content (AvgIpc) is 2.63. The first-order valence-corrected chi connectivity index (χ1v) is 9.10. The second-order valence-electron chi connectivity index (χ2n) is 7.32. The van der Waals surface area contributed by atoms with Crippen molar-refractivity contribution in [2.75, 3.05) is 27.4 Å². The van der Waals surface area contributed by atoms with Gasteiger partial charge in [-0.3, -0.25) is 4.90 Å².